The van der Waals surface area contributed by atoms with Crippen molar-refractivity contribution in [3.05, 3.63) is 48.0 Å². The topological polar surface area (TPSA) is 32.3 Å². The Morgan fingerprint density at radius 1 is 1.47 bits per heavy atom. The van der Waals surface area contributed by atoms with Crippen LogP contribution in [0.2, 0.25) is 0 Å². The summed E-state index contributed by atoms with van der Waals surface area (Å²) in [6.07, 6.45) is 3.56. The zero-order valence-corrected chi connectivity index (χ0v) is 11.6. The average molecular weight is 258 g/mol. The van der Waals surface area contributed by atoms with Gasteiger partial charge in [0.05, 0.1) is 6.04 Å². The van der Waals surface area contributed by atoms with Crippen molar-refractivity contribution in [2.75, 3.05) is 13.1 Å². The zero-order valence-electron chi connectivity index (χ0n) is 11.6. The first-order chi connectivity index (χ1) is 9.26. The van der Waals surface area contributed by atoms with Crippen LogP contribution in [0.4, 0.5) is 0 Å². The van der Waals surface area contributed by atoms with E-state index in [0.717, 1.165) is 25.9 Å². The third kappa shape index (κ3) is 3.24. The van der Waals surface area contributed by atoms with E-state index in [1.54, 1.807) is 6.08 Å². The molecule has 1 N–H and O–H groups in total. The molecule has 102 valence electrons. The predicted octanol–water partition coefficient (Wildman–Crippen LogP) is 2.13. The summed E-state index contributed by atoms with van der Waals surface area (Å²) < 4.78 is 0. The molecule has 19 heavy (non-hydrogen) atoms. The molecule has 0 bridgehead atoms. The van der Waals surface area contributed by atoms with Gasteiger partial charge in [0.1, 0.15) is 0 Å². The fourth-order valence-corrected chi connectivity index (χ4v) is 2.57. The predicted molar refractivity (Wildman–Crippen MR) is 77.8 cm³/mol. The first-order valence-corrected chi connectivity index (χ1v) is 6.96. The SMILES string of the molecule is C=CCN(CCC)C(=O)[C@H]1Cc2ccccc2CN1. The molecule has 0 fully saturated rings. The van der Waals surface area contributed by atoms with Gasteiger partial charge < -0.3 is 10.2 Å². The minimum absolute atomic E-state index is 0.0959. The third-order valence-electron chi connectivity index (χ3n) is 3.53. The van der Waals surface area contributed by atoms with Gasteiger partial charge in [-0.15, -0.1) is 6.58 Å². The maximum Gasteiger partial charge on any atom is 0.240 e. The van der Waals surface area contributed by atoms with Crippen LogP contribution in [0.3, 0.4) is 0 Å². The van der Waals surface area contributed by atoms with Crippen LogP contribution in [0.1, 0.15) is 24.5 Å². The number of rotatable bonds is 5. The lowest BCUT2D eigenvalue weighted by Gasteiger charge is -2.30. The van der Waals surface area contributed by atoms with Crippen LogP contribution < -0.4 is 5.32 Å². The number of carbonyl (C=O) groups excluding carboxylic acids is 1. The number of nitrogens with zero attached hydrogens (tertiary/aromatic N) is 1. The first-order valence-electron chi connectivity index (χ1n) is 6.96. The normalized spacial score (nSPS) is 17.6. The molecule has 1 heterocycles. The summed E-state index contributed by atoms with van der Waals surface area (Å²) in [5.74, 6) is 0.191. The van der Waals surface area contributed by atoms with Crippen LogP contribution in [-0.4, -0.2) is 29.9 Å². The second kappa shape index (κ2) is 6.53. The summed E-state index contributed by atoms with van der Waals surface area (Å²) in [4.78, 5) is 14.4. The van der Waals surface area contributed by atoms with Crippen molar-refractivity contribution in [1.29, 1.82) is 0 Å². The standard InChI is InChI=1S/C16H22N2O/c1-3-9-18(10-4-2)16(19)15-11-13-7-5-6-8-14(13)12-17-15/h3,5-8,15,17H,1,4,9-12H2,2H3/t15-/m1/s1. The highest BCUT2D eigenvalue weighted by molar-refractivity contribution is 5.82. The second-order valence-corrected chi connectivity index (χ2v) is 4.98. The van der Waals surface area contributed by atoms with E-state index in [9.17, 15) is 4.79 Å². The monoisotopic (exact) mass is 258 g/mol. The van der Waals surface area contributed by atoms with E-state index in [-0.39, 0.29) is 11.9 Å². The molecule has 3 nitrogen and oxygen atoms in total. The summed E-state index contributed by atoms with van der Waals surface area (Å²) >= 11 is 0. The van der Waals surface area contributed by atoms with E-state index in [1.165, 1.54) is 11.1 Å². The van der Waals surface area contributed by atoms with E-state index in [2.05, 4.69) is 31.0 Å². The molecular weight excluding hydrogens is 236 g/mol. The van der Waals surface area contributed by atoms with Crippen molar-refractivity contribution in [3.63, 3.8) is 0 Å². The second-order valence-electron chi connectivity index (χ2n) is 4.98. The Hall–Kier alpha value is -1.61. The molecule has 1 aliphatic rings. The molecule has 1 atom stereocenters. The minimum atomic E-state index is -0.0959. The van der Waals surface area contributed by atoms with Gasteiger partial charge in [-0.25, -0.2) is 0 Å². The van der Waals surface area contributed by atoms with Crippen molar-refractivity contribution >= 4 is 5.91 Å². The Morgan fingerprint density at radius 2 is 2.21 bits per heavy atom. The van der Waals surface area contributed by atoms with Crippen LogP contribution >= 0.6 is 0 Å². The zero-order chi connectivity index (χ0) is 13.7. The Kier molecular flexibility index (Phi) is 4.74. The molecule has 0 unspecified atom stereocenters. The lowest BCUT2D eigenvalue weighted by molar-refractivity contribution is -0.133. The van der Waals surface area contributed by atoms with Crippen LogP contribution in [0.25, 0.3) is 0 Å². The van der Waals surface area contributed by atoms with Gasteiger partial charge in [0.25, 0.3) is 0 Å². The van der Waals surface area contributed by atoms with Crippen molar-refractivity contribution < 1.29 is 4.79 Å². The van der Waals surface area contributed by atoms with Crippen LogP contribution in [0.15, 0.2) is 36.9 Å². The van der Waals surface area contributed by atoms with Gasteiger partial charge in [-0.2, -0.15) is 0 Å². The highest BCUT2D eigenvalue weighted by Crippen LogP contribution is 2.17. The van der Waals surface area contributed by atoms with Gasteiger partial charge in [-0.05, 0) is 24.0 Å². The molecule has 1 aromatic rings. The van der Waals surface area contributed by atoms with Gasteiger partial charge in [0.15, 0.2) is 0 Å². The molecule has 1 aliphatic heterocycles. The minimum Gasteiger partial charge on any atom is -0.338 e. The Bertz CT molecular complexity index is 456. The van der Waals surface area contributed by atoms with Crippen molar-refractivity contribution in [2.24, 2.45) is 0 Å². The van der Waals surface area contributed by atoms with Crippen LogP contribution in [0.5, 0.6) is 0 Å². The number of fused-ring (bicyclic) bond motifs is 1. The maximum absolute atomic E-state index is 12.5. The molecule has 1 amide bonds. The Morgan fingerprint density at radius 3 is 2.89 bits per heavy atom. The molecule has 2 rings (SSSR count). The number of hydrogen-bond acceptors (Lipinski definition) is 2. The highest BCUT2D eigenvalue weighted by Gasteiger charge is 2.26. The molecule has 1 aromatic carbocycles. The van der Waals surface area contributed by atoms with Gasteiger partial charge in [0, 0.05) is 19.6 Å². The summed E-state index contributed by atoms with van der Waals surface area (Å²) in [7, 11) is 0. The van der Waals surface area contributed by atoms with E-state index >= 15 is 0 Å². The fraction of sp³-hybridized carbons (Fsp3) is 0.438. The number of benzene rings is 1. The number of carbonyl (C=O) groups is 1. The van der Waals surface area contributed by atoms with E-state index in [0.29, 0.717) is 6.54 Å². The molecule has 3 heteroatoms. The summed E-state index contributed by atoms with van der Waals surface area (Å²) in [5, 5.41) is 3.35. The lowest BCUT2D eigenvalue weighted by Crippen LogP contribution is -2.49. The lowest BCUT2D eigenvalue weighted by atomic mass is 9.95. The summed E-state index contributed by atoms with van der Waals surface area (Å²) in [5.41, 5.74) is 2.59. The molecular formula is C16H22N2O. The summed E-state index contributed by atoms with van der Waals surface area (Å²) in [6, 6.07) is 8.23. The van der Waals surface area contributed by atoms with Gasteiger partial charge >= 0.3 is 0 Å². The fourth-order valence-electron chi connectivity index (χ4n) is 2.57. The maximum atomic E-state index is 12.5. The molecule has 0 radical (unpaired) electrons. The smallest absolute Gasteiger partial charge is 0.240 e. The number of nitrogens with one attached hydrogen (secondary N) is 1. The van der Waals surface area contributed by atoms with Gasteiger partial charge in [-0.1, -0.05) is 37.3 Å². The highest BCUT2D eigenvalue weighted by atomic mass is 16.2. The van der Waals surface area contributed by atoms with Crippen molar-refractivity contribution in [2.45, 2.75) is 32.4 Å². The van der Waals surface area contributed by atoms with E-state index in [4.69, 9.17) is 0 Å². The molecule has 0 spiro atoms. The molecule has 0 saturated heterocycles. The number of hydrogen-bond donors (Lipinski definition) is 1. The Balaban J connectivity index is 2.06. The van der Waals surface area contributed by atoms with Crippen molar-refractivity contribution in [1.82, 2.24) is 10.2 Å². The third-order valence-corrected chi connectivity index (χ3v) is 3.53. The van der Waals surface area contributed by atoms with E-state index < -0.39 is 0 Å². The van der Waals surface area contributed by atoms with Crippen molar-refractivity contribution in [3.8, 4) is 0 Å². The van der Waals surface area contributed by atoms with Crippen LogP contribution in [-0.2, 0) is 17.8 Å². The number of amides is 1. The molecule has 0 saturated carbocycles. The largest absolute Gasteiger partial charge is 0.338 e. The van der Waals surface area contributed by atoms with E-state index in [1.807, 2.05) is 17.0 Å². The molecule has 0 aromatic heterocycles. The summed E-state index contributed by atoms with van der Waals surface area (Å²) in [6.45, 7) is 8.03. The average Bonchev–Trinajstić information content (AvgIpc) is 2.46. The quantitative estimate of drug-likeness (QED) is 0.821. The van der Waals surface area contributed by atoms with Gasteiger partial charge in [-0.3, -0.25) is 4.79 Å². The van der Waals surface area contributed by atoms with Gasteiger partial charge in [0.2, 0.25) is 5.91 Å². The first kappa shape index (κ1) is 13.8. The molecule has 0 aliphatic carbocycles. The van der Waals surface area contributed by atoms with Crippen LogP contribution in [0, 0.1) is 0 Å². The Labute approximate surface area is 115 Å².